The lowest BCUT2D eigenvalue weighted by molar-refractivity contribution is 0.0941. The van der Waals surface area contributed by atoms with Crippen molar-refractivity contribution in [3.05, 3.63) is 70.1 Å². The van der Waals surface area contributed by atoms with E-state index in [0.29, 0.717) is 23.9 Å². The zero-order chi connectivity index (χ0) is 21.1. The van der Waals surface area contributed by atoms with E-state index >= 15 is 0 Å². The molecule has 1 aliphatic heterocycles. The van der Waals surface area contributed by atoms with E-state index in [4.69, 9.17) is 4.74 Å². The maximum atomic E-state index is 13.0. The normalized spacial score (nSPS) is 18.5. The van der Waals surface area contributed by atoms with Gasteiger partial charge in [0.25, 0.3) is 11.5 Å². The van der Waals surface area contributed by atoms with Crippen LogP contribution >= 0.6 is 0 Å². The molecule has 3 aromatic rings. The zero-order valence-electron chi connectivity index (χ0n) is 17.0. The largest absolute Gasteiger partial charge is 0.497 e. The summed E-state index contributed by atoms with van der Waals surface area (Å²) < 4.78 is 6.55. The van der Waals surface area contributed by atoms with Gasteiger partial charge in [0.1, 0.15) is 5.75 Å². The van der Waals surface area contributed by atoms with Gasteiger partial charge in [0.2, 0.25) is 0 Å². The fourth-order valence-corrected chi connectivity index (χ4v) is 3.82. The molecule has 8 nitrogen and oxygen atoms in total. The van der Waals surface area contributed by atoms with Gasteiger partial charge in [0.15, 0.2) is 5.69 Å². The lowest BCUT2D eigenvalue weighted by Crippen LogP contribution is -2.35. The number of nitrogens with zero attached hydrogens (tertiary/aromatic N) is 2. The van der Waals surface area contributed by atoms with Crippen LogP contribution in [0.3, 0.4) is 0 Å². The number of ether oxygens (including phenoxy) is 1. The average molecular weight is 407 g/mol. The monoisotopic (exact) mass is 407 g/mol. The van der Waals surface area contributed by atoms with Crippen LogP contribution < -0.4 is 26.5 Å². The number of amides is 1. The van der Waals surface area contributed by atoms with Crippen molar-refractivity contribution >= 4 is 16.7 Å². The molecule has 0 spiro atoms. The Morgan fingerprint density at radius 2 is 1.93 bits per heavy atom. The van der Waals surface area contributed by atoms with E-state index < -0.39 is 0 Å². The van der Waals surface area contributed by atoms with E-state index in [2.05, 4.69) is 21.3 Å². The summed E-state index contributed by atoms with van der Waals surface area (Å²) in [6, 6.07) is 15.0. The van der Waals surface area contributed by atoms with Crippen LogP contribution in [0, 0.1) is 5.92 Å². The minimum atomic E-state index is -0.284. The third kappa shape index (κ3) is 3.79. The molecule has 2 aromatic carbocycles. The number of hydrazine groups is 1. The summed E-state index contributed by atoms with van der Waals surface area (Å²) in [6.07, 6.45) is 0. The predicted octanol–water partition coefficient (Wildman–Crippen LogP) is 1.62. The number of nitrogens with one attached hydrogen (secondary N) is 3. The molecule has 30 heavy (non-hydrogen) atoms. The molecule has 2 atom stereocenters. The summed E-state index contributed by atoms with van der Waals surface area (Å²) in [6.45, 7) is 3.43. The number of carbonyl (C=O) groups excluding carboxylic acids is 1. The van der Waals surface area contributed by atoms with Crippen LogP contribution in [-0.2, 0) is 6.54 Å². The van der Waals surface area contributed by atoms with Gasteiger partial charge in [-0.15, -0.1) is 0 Å². The van der Waals surface area contributed by atoms with Crippen molar-refractivity contribution in [2.45, 2.75) is 19.5 Å². The molecule has 0 radical (unpaired) electrons. The molecule has 1 amide bonds. The highest BCUT2D eigenvalue weighted by Gasteiger charge is 2.29. The molecule has 2 unspecified atom stereocenters. The van der Waals surface area contributed by atoms with Crippen LogP contribution in [-0.4, -0.2) is 35.9 Å². The van der Waals surface area contributed by atoms with E-state index in [-0.39, 0.29) is 29.1 Å². The van der Waals surface area contributed by atoms with Gasteiger partial charge >= 0.3 is 0 Å². The first-order valence-electron chi connectivity index (χ1n) is 10.0. The van der Waals surface area contributed by atoms with Crippen molar-refractivity contribution in [3.8, 4) is 5.75 Å². The Labute approximate surface area is 174 Å². The number of hydrogen-bond donors (Lipinski definition) is 3. The number of fused-ring (bicyclic) bond motifs is 1. The number of carbonyl (C=O) groups is 1. The van der Waals surface area contributed by atoms with Crippen LogP contribution in [0.25, 0.3) is 10.8 Å². The molecule has 1 aliphatic rings. The molecular formula is C22H25N5O3. The Balaban J connectivity index is 1.53. The number of rotatable bonds is 6. The zero-order valence-corrected chi connectivity index (χ0v) is 17.0. The molecule has 156 valence electrons. The second-order valence-electron chi connectivity index (χ2n) is 7.26. The second kappa shape index (κ2) is 8.64. The Morgan fingerprint density at radius 1 is 1.20 bits per heavy atom. The van der Waals surface area contributed by atoms with Crippen LogP contribution in [0.4, 0.5) is 0 Å². The Kier molecular flexibility index (Phi) is 5.78. The molecular weight excluding hydrogens is 382 g/mol. The predicted molar refractivity (Wildman–Crippen MR) is 114 cm³/mol. The maximum Gasteiger partial charge on any atom is 0.274 e. The SMILES string of the molecule is CCn1nc(C(=O)NCC2CNNC2c2ccc(OC)cc2)c2ccccc2c1=O. The molecule has 0 aliphatic carbocycles. The lowest BCUT2D eigenvalue weighted by atomic mass is 9.94. The Bertz CT molecular complexity index is 1110. The third-order valence-electron chi connectivity index (χ3n) is 5.48. The summed E-state index contributed by atoms with van der Waals surface area (Å²) in [7, 11) is 1.64. The summed E-state index contributed by atoms with van der Waals surface area (Å²) in [4.78, 5) is 25.5. The number of aryl methyl sites for hydroxylation is 1. The van der Waals surface area contributed by atoms with E-state index in [9.17, 15) is 9.59 Å². The van der Waals surface area contributed by atoms with Gasteiger partial charge < -0.3 is 10.1 Å². The van der Waals surface area contributed by atoms with E-state index in [1.54, 1.807) is 31.4 Å². The molecule has 0 saturated carbocycles. The number of benzene rings is 2. The first-order valence-corrected chi connectivity index (χ1v) is 10.0. The Morgan fingerprint density at radius 3 is 2.63 bits per heavy atom. The highest BCUT2D eigenvalue weighted by Crippen LogP contribution is 2.26. The summed E-state index contributed by atoms with van der Waals surface area (Å²) in [5, 5.41) is 8.38. The summed E-state index contributed by atoms with van der Waals surface area (Å²) >= 11 is 0. The average Bonchev–Trinajstić information content (AvgIpc) is 3.26. The minimum Gasteiger partial charge on any atom is -0.497 e. The lowest BCUT2D eigenvalue weighted by Gasteiger charge is -2.19. The van der Waals surface area contributed by atoms with Gasteiger partial charge in [-0.1, -0.05) is 30.3 Å². The van der Waals surface area contributed by atoms with Crippen molar-refractivity contribution in [1.29, 1.82) is 0 Å². The first-order chi connectivity index (χ1) is 14.6. The van der Waals surface area contributed by atoms with Gasteiger partial charge in [0, 0.05) is 30.9 Å². The molecule has 1 saturated heterocycles. The van der Waals surface area contributed by atoms with Crippen molar-refractivity contribution in [2.75, 3.05) is 20.2 Å². The highest BCUT2D eigenvalue weighted by molar-refractivity contribution is 6.04. The molecule has 2 heterocycles. The maximum absolute atomic E-state index is 13.0. The molecule has 8 heteroatoms. The summed E-state index contributed by atoms with van der Waals surface area (Å²) in [5.41, 5.74) is 7.65. The standard InChI is InChI=1S/C22H25N5O3/c1-3-27-22(29)18-7-5-4-6-17(18)20(26-27)21(28)23-12-15-13-24-25-19(15)14-8-10-16(30-2)11-9-14/h4-11,15,19,24-25H,3,12-13H2,1-2H3,(H,23,28). The quantitative estimate of drug-likeness (QED) is 0.575. The highest BCUT2D eigenvalue weighted by atomic mass is 16.5. The van der Waals surface area contributed by atoms with Crippen molar-refractivity contribution in [2.24, 2.45) is 5.92 Å². The minimum absolute atomic E-state index is 0.0607. The fraction of sp³-hybridized carbons (Fsp3) is 0.318. The molecule has 1 aromatic heterocycles. The van der Waals surface area contributed by atoms with Gasteiger partial charge in [-0.2, -0.15) is 5.10 Å². The van der Waals surface area contributed by atoms with Gasteiger partial charge in [-0.05, 0) is 30.7 Å². The van der Waals surface area contributed by atoms with E-state index in [0.717, 1.165) is 17.9 Å². The molecule has 4 rings (SSSR count). The number of aromatic nitrogens is 2. The first kappa shape index (κ1) is 20.1. The van der Waals surface area contributed by atoms with E-state index in [1.807, 2.05) is 31.2 Å². The topological polar surface area (TPSA) is 97.3 Å². The number of hydrogen-bond acceptors (Lipinski definition) is 6. The van der Waals surface area contributed by atoms with Crippen LogP contribution in [0.15, 0.2) is 53.3 Å². The van der Waals surface area contributed by atoms with Crippen molar-refractivity contribution in [3.63, 3.8) is 0 Å². The van der Waals surface area contributed by atoms with Crippen LogP contribution in [0.1, 0.15) is 29.0 Å². The van der Waals surface area contributed by atoms with Crippen LogP contribution in [0.5, 0.6) is 5.75 Å². The Hall–Kier alpha value is -3.23. The smallest absolute Gasteiger partial charge is 0.274 e. The summed E-state index contributed by atoms with van der Waals surface area (Å²) in [5.74, 6) is 0.679. The van der Waals surface area contributed by atoms with Crippen LogP contribution in [0.2, 0.25) is 0 Å². The molecule has 1 fully saturated rings. The van der Waals surface area contributed by atoms with Gasteiger partial charge in [0.05, 0.1) is 18.5 Å². The van der Waals surface area contributed by atoms with Gasteiger partial charge in [-0.25, -0.2) is 10.1 Å². The third-order valence-corrected chi connectivity index (χ3v) is 5.48. The number of methoxy groups -OCH3 is 1. The van der Waals surface area contributed by atoms with E-state index in [1.165, 1.54) is 4.68 Å². The van der Waals surface area contributed by atoms with Crippen molar-refractivity contribution in [1.82, 2.24) is 25.9 Å². The van der Waals surface area contributed by atoms with Gasteiger partial charge in [-0.3, -0.25) is 15.0 Å². The molecule has 3 N–H and O–H groups in total. The van der Waals surface area contributed by atoms with Crippen molar-refractivity contribution < 1.29 is 9.53 Å². The fourth-order valence-electron chi connectivity index (χ4n) is 3.82. The molecule has 0 bridgehead atoms. The second-order valence-corrected chi connectivity index (χ2v) is 7.26.